The third-order valence-electron chi connectivity index (χ3n) is 4.18. The molecule has 0 saturated heterocycles. The van der Waals surface area contributed by atoms with Gasteiger partial charge in [0.15, 0.2) is 17.4 Å². The van der Waals surface area contributed by atoms with Crippen LogP contribution in [0.5, 0.6) is 5.75 Å². The van der Waals surface area contributed by atoms with Crippen molar-refractivity contribution < 1.29 is 18.3 Å². The molecule has 0 aliphatic carbocycles. The fourth-order valence-corrected chi connectivity index (χ4v) is 2.79. The minimum absolute atomic E-state index is 0.00219. The average molecular weight is 386 g/mol. The predicted octanol–water partition coefficient (Wildman–Crippen LogP) is 3.85. The molecule has 0 unspecified atom stereocenters. The van der Waals surface area contributed by atoms with Crippen molar-refractivity contribution in [2.45, 2.75) is 20.0 Å². The highest BCUT2D eigenvalue weighted by molar-refractivity contribution is 5.89. The molecule has 6 nitrogen and oxygen atoms in total. The lowest BCUT2D eigenvalue weighted by molar-refractivity contribution is 0.251. The van der Waals surface area contributed by atoms with Crippen molar-refractivity contribution >= 4 is 11.7 Å². The zero-order valence-corrected chi connectivity index (χ0v) is 15.5. The van der Waals surface area contributed by atoms with Gasteiger partial charge >= 0.3 is 6.03 Å². The van der Waals surface area contributed by atoms with E-state index in [0.29, 0.717) is 6.54 Å². The molecule has 146 valence electrons. The van der Waals surface area contributed by atoms with Crippen molar-refractivity contribution in [2.24, 2.45) is 0 Å². The molecule has 0 bridgehead atoms. The van der Waals surface area contributed by atoms with E-state index in [-0.39, 0.29) is 12.2 Å². The molecular formula is C20H20F2N4O2. The van der Waals surface area contributed by atoms with E-state index in [2.05, 4.69) is 20.4 Å². The number of rotatable bonds is 6. The number of hydrogen-bond donors (Lipinski definition) is 2. The maximum absolute atomic E-state index is 13.7. The summed E-state index contributed by atoms with van der Waals surface area (Å²) >= 11 is 0. The van der Waals surface area contributed by atoms with Gasteiger partial charge in [0.1, 0.15) is 5.82 Å². The minimum atomic E-state index is -0.889. The van der Waals surface area contributed by atoms with Gasteiger partial charge in [-0.15, -0.1) is 0 Å². The lowest BCUT2D eigenvalue weighted by Gasteiger charge is -2.11. The van der Waals surface area contributed by atoms with Crippen molar-refractivity contribution in [3.63, 3.8) is 0 Å². The number of anilines is 1. The molecule has 1 aromatic heterocycles. The van der Waals surface area contributed by atoms with Gasteiger partial charge in [-0.2, -0.15) is 0 Å². The third kappa shape index (κ3) is 4.64. The Kier molecular flexibility index (Phi) is 5.88. The van der Waals surface area contributed by atoms with Crippen LogP contribution in [0.4, 0.5) is 19.3 Å². The Hall–Kier alpha value is -3.42. The first-order valence-corrected chi connectivity index (χ1v) is 8.59. The number of ether oxygens (including phenoxy) is 1. The number of aromatic nitrogens is 2. The molecule has 1 heterocycles. The van der Waals surface area contributed by atoms with Crippen molar-refractivity contribution in [2.75, 3.05) is 12.4 Å². The summed E-state index contributed by atoms with van der Waals surface area (Å²) in [5.74, 6) is -1.35. The number of nitrogens with one attached hydrogen (secondary N) is 2. The van der Waals surface area contributed by atoms with Crippen LogP contribution in [0, 0.1) is 18.6 Å². The average Bonchev–Trinajstić information content (AvgIpc) is 3.05. The van der Waals surface area contributed by atoms with Gasteiger partial charge < -0.3 is 19.9 Å². The first kappa shape index (κ1) is 19.3. The summed E-state index contributed by atoms with van der Waals surface area (Å²) in [5, 5.41) is 5.07. The van der Waals surface area contributed by atoms with Crippen LogP contribution >= 0.6 is 0 Å². The molecule has 3 rings (SSSR count). The van der Waals surface area contributed by atoms with Crippen LogP contribution in [0.3, 0.4) is 0 Å². The molecule has 3 aromatic rings. The summed E-state index contributed by atoms with van der Waals surface area (Å²) in [7, 11) is 1.17. The number of amides is 2. The van der Waals surface area contributed by atoms with Gasteiger partial charge in [0.05, 0.1) is 7.11 Å². The number of aryl methyl sites for hydroxylation is 1. The Bertz CT molecular complexity index is 965. The number of halogens is 2. The third-order valence-corrected chi connectivity index (χ3v) is 4.18. The molecule has 0 aliphatic rings. The monoisotopic (exact) mass is 386 g/mol. The van der Waals surface area contributed by atoms with Gasteiger partial charge in [0.25, 0.3) is 0 Å². The second kappa shape index (κ2) is 8.51. The van der Waals surface area contributed by atoms with Crippen LogP contribution in [0.2, 0.25) is 0 Å². The molecule has 0 aliphatic heterocycles. The van der Waals surface area contributed by atoms with Crippen LogP contribution in [-0.4, -0.2) is 22.7 Å². The smallest absolute Gasteiger partial charge is 0.319 e. The second-order valence-corrected chi connectivity index (χ2v) is 6.20. The lowest BCUT2D eigenvalue weighted by Crippen LogP contribution is -2.28. The van der Waals surface area contributed by atoms with Gasteiger partial charge in [-0.25, -0.2) is 18.6 Å². The number of hydrogen-bond acceptors (Lipinski definition) is 3. The van der Waals surface area contributed by atoms with Gasteiger partial charge in [-0.3, -0.25) is 0 Å². The standard InChI is InChI=1S/C20H20F2N4O2/c1-13-23-6-7-26(13)12-15-5-3-4-14(8-15)11-24-20(27)25-16-9-17(21)19(28-2)18(22)10-16/h3-10H,11-12H2,1-2H3,(H2,24,25,27). The molecule has 0 atom stereocenters. The molecule has 0 saturated carbocycles. The quantitative estimate of drug-likeness (QED) is 0.676. The van der Waals surface area contributed by atoms with Gasteiger partial charge in [0.2, 0.25) is 0 Å². The largest absolute Gasteiger partial charge is 0.491 e. The zero-order chi connectivity index (χ0) is 20.1. The number of carbonyl (C=O) groups excluding carboxylic acids is 1. The SMILES string of the molecule is COc1c(F)cc(NC(=O)NCc2cccc(Cn3ccnc3C)c2)cc1F. The fourth-order valence-electron chi connectivity index (χ4n) is 2.79. The van der Waals surface area contributed by atoms with Crippen molar-refractivity contribution in [3.8, 4) is 5.75 Å². The molecule has 0 fully saturated rings. The van der Waals surface area contributed by atoms with E-state index in [1.165, 1.54) is 7.11 Å². The topological polar surface area (TPSA) is 68.2 Å². The maximum Gasteiger partial charge on any atom is 0.319 e. The Morgan fingerprint density at radius 1 is 1.18 bits per heavy atom. The molecule has 8 heteroatoms. The number of methoxy groups -OCH3 is 1. The number of urea groups is 1. The number of nitrogens with zero attached hydrogens (tertiary/aromatic N) is 2. The highest BCUT2D eigenvalue weighted by atomic mass is 19.1. The Morgan fingerprint density at radius 3 is 2.54 bits per heavy atom. The van der Waals surface area contributed by atoms with Crippen molar-refractivity contribution in [1.82, 2.24) is 14.9 Å². The van der Waals surface area contributed by atoms with E-state index in [4.69, 9.17) is 0 Å². The van der Waals surface area contributed by atoms with Crippen LogP contribution in [0.25, 0.3) is 0 Å². The zero-order valence-electron chi connectivity index (χ0n) is 15.5. The molecule has 28 heavy (non-hydrogen) atoms. The molecule has 2 amide bonds. The predicted molar refractivity (Wildman–Crippen MR) is 101 cm³/mol. The Morgan fingerprint density at radius 2 is 1.89 bits per heavy atom. The number of carbonyl (C=O) groups is 1. The highest BCUT2D eigenvalue weighted by Crippen LogP contribution is 2.25. The first-order valence-electron chi connectivity index (χ1n) is 8.59. The highest BCUT2D eigenvalue weighted by Gasteiger charge is 2.13. The molecule has 2 aromatic carbocycles. The Labute approximate surface area is 161 Å². The van der Waals surface area contributed by atoms with Crippen molar-refractivity contribution in [1.29, 1.82) is 0 Å². The Balaban J connectivity index is 1.59. The summed E-state index contributed by atoms with van der Waals surface area (Å²) in [6.45, 7) is 2.88. The second-order valence-electron chi connectivity index (χ2n) is 6.20. The molecular weight excluding hydrogens is 366 g/mol. The summed E-state index contributed by atoms with van der Waals surface area (Å²) < 4.78 is 34.0. The van der Waals surface area contributed by atoms with E-state index >= 15 is 0 Å². The fraction of sp³-hybridized carbons (Fsp3) is 0.200. The number of benzene rings is 2. The van der Waals surface area contributed by atoms with Crippen LogP contribution in [0.15, 0.2) is 48.8 Å². The summed E-state index contributed by atoms with van der Waals surface area (Å²) in [6.07, 6.45) is 3.65. The normalized spacial score (nSPS) is 10.6. The van der Waals surface area contributed by atoms with Gasteiger partial charge in [-0.05, 0) is 18.1 Å². The van der Waals surface area contributed by atoms with Gasteiger partial charge in [-0.1, -0.05) is 24.3 Å². The maximum atomic E-state index is 13.7. The summed E-state index contributed by atoms with van der Waals surface area (Å²) in [4.78, 5) is 16.2. The van der Waals surface area contributed by atoms with E-state index in [1.54, 1.807) is 6.20 Å². The molecule has 0 spiro atoms. The van der Waals surface area contributed by atoms with E-state index < -0.39 is 23.4 Å². The molecule has 2 N–H and O–H groups in total. The van der Waals surface area contributed by atoms with Crippen LogP contribution < -0.4 is 15.4 Å². The lowest BCUT2D eigenvalue weighted by atomic mass is 10.1. The minimum Gasteiger partial charge on any atom is -0.491 e. The van der Waals surface area contributed by atoms with Crippen LogP contribution in [0.1, 0.15) is 17.0 Å². The first-order chi connectivity index (χ1) is 13.5. The van der Waals surface area contributed by atoms with Gasteiger partial charge in [0, 0.05) is 43.3 Å². The molecule has 0 radical (unpaired) electrons. The van der Waals surface area contributed by atoms with Crippen LogP contribution in [-0.2, 0) is 13.1 Å². The van der Waals surface area contributed by atoms with E-state index in [9.17, 15) is 13.6 Å². The summed E-state index contributed by atoms with van der Waals surface area (Å²) in [5.41, 5.74) is 1.97. The summed E-state index contributed by atoms with van der Waals surface area (Å²) in [6, 6.07) is 9.19. The van der Waals surface area contributed by atoms with E-state index in [1.807, 2.05) is 42.0 Å². The van der Waals surface area contributed by atoms with Crippen molar-refractivity contribution in [3.05, 3.63) is 77.4 Å². The number of imidazole rings is 1. The van der Waals surface area contributed by atoms with E-state index in [0.717, 1.165) is 29.1 Å².